The van der Waals surface area contributed by atoms with Gasteiger partial charge in [-0.3, -0.25) is 49.6 Å². The van der Waals surface area contributed by atoms with Crippen LogP contribution < -0.4 is 10.6 Å². The number of fused-ring (bicyclic) bond motifs is 5. The van der Waals surface area contributed by atoms with Gasteiger partial charge in [-0.15, -0.1) is 0 Å². The normalized spacial score (nSPS) is 30.6. The van der Waals surface area contributed by atoms with Crippen LogP contribution in [0.3, 0.4) is 0 Å². The maximum atomic E-state index is 13.1. The van der Waals surface area contributed by atoms with Crippen LogP contribution in [-0.2, 0) is 33.8 Å². The first kappa shape index (κ1) is 54.8. The van der Waals surface area contributed by atoms with Crippen molar-refractivity contribution in [3.8, 4) is 0 Å². The quantitative estimate of drug-likeness (QED) is 0.0226. The van der Waals surface area contributed by atoms with Crippen LogP contribution in [0.1, 0.15) is 112 Å². The van der Waals surface area contributed by atoms with E-state index in [1.165, 1.54) is 0 Å². The number of aliphatic hydroxyl groups excluding tert-OH is 2. The second kappa shape index (κ2) is 26.6. The summed E-state index contributed by atoms with van der Waals surface area (Å²) in [5, 5.41) is 74.9. The second-order valence-electron chi connectivity index (χ2n) is 19.2. The first-order valence-corrected chi connectivity index (χ1v) is 22.9. The van der Waals surface area contributed by atoms with Crippen LogP contribution >= 0.6 is 0 Å². The Morgan fingerprint density at radius 2 is 1.38 bits per heavy atom. The Kier molecular flexibility index (Phi) is 23.1. The van der Waals surface area contributed by atoms with E-state index >= 15 is 0 Å². The third-order valence-corrected chi connectivity index (χ3v) is 15.6. The van der Waals surface area contributed by atoms with E-state index in [1.807, 2.05) is 0 Å². The van der Waals surface area contributed by atoms with Crippen LogP contribution in [-0.4, -0.2) is 172 Å². The molecule has 63 heavy (non-hydrogen) atoms. The fourth-order valence-electron chi connectivity index (χ4n) is 12.2. The molecule has 19 heteroatoms. The molecule has 0 saturated heterocycles. The molecule has 0 aromatic heterocycles. The summed E-state index contributed by atoms with van der Waals surface area (Å²) in [6, 6.07) is 0.0336. The second-order valence-corrected chi connectivity index (χ2v) is 19.2. The summed E-state index contributed by atoms with van der Waals surface area (Å²) in [4.78, 5) is 66.2. The van der Waals surface area contributed by atoms with Gasteiger partial charge >= 0.3 is 11.9 Å². The summed E-state index contributed by atoms with van der Waals surface area (Å²) in [5.41, 5.74) is -0.373. The molecular formula is C44H81N5O14. The first-order valence-electron chi connectivity index (χ1n) is 22.9. The molecule has 4 rings (SSSR count). The topological polar surface area (TPSA) is 271 Å². The van der Waals surface area contributed by atoms with E-state index in [4.69, 9.17) is 15.8 Å². The van der Waals surface area contributed by atoms with Crippen molar-refractivity contribution in [3.05, 3.63) is 0 Å². The number of aliphatic hydroxyl groups is 2. The number of amides is 2. The number of hydrogen-bond acceptors (Lipinski definition) is 15. The number of unbranched alkanes of at least 4 members (excludes halogenated alkanes) is 2. The minimum atomic E-state index is -1.04. The average Bonchev–Trinajstić information content (AvgIpc) is 3.58. The molecular weight excluding hydrogens is 823 g/mol. The third-order valence-electron chi connectivity index (χ3n) is 15.6. The summed E-state index contributed by atoms with van der Waals surface area (Å²) in [6.07, 6.45) is 8.07. The zero-order valence-corrected chi connectivity index (χ0v) is 37.2. The van der Waals surface area contributed by atoms with Gasteiger partial charge < -0.3 is 31.1 Å². The largest absolute Gasteiger partial charge is 0.481 e. The Morgan fingerprint density at radius 1 is 0.730 bits per heavy atom. The predicted molar refractivity (Wildman–Crippen MR) is 232 cm³/mol. The smallest absolute Gasteiger partial charge is 0.317 e. The van der Waals surface area contributed by atoms with Crippen LogP contribution in [0.15, 0.2) is 0 Å². The van der Waals surface area contributed by atoms with Crippen molar-refractivity contribution in [3.63, 3.8) is 0 Å². The summed E-state index contributed by atoms with van der Waals surface area (Å²) in [5.74, 6) is -0.897. The third kappa shape index (κ3) is 15.2. The van der Waals surface area contributed by atoms with Gasteiger partial charge in [-0.1, -0.05) is 34.6 Å². The lowest BCUT2D eigenvalue weighted by Gasteiger charge is -2.63. The van der Waals surface area contributed by atoms with E-state index in [0.717, 1.165) is 38.5 Å². The zero-order chi connectivity index (χ0) is 45.5. The summed E-state index contributed by atoms with van der Waals surface area (Å²) in [6.45, 7) is 8.21. The highest BCUT2D eigenvalue weighted by atomic mass is 17.1. The van der Waals surface area contributed by atoms with Crippen molar-refractivity contribution in [2.75, 3.05) is 78.8 Å². The summed E-state index contributed by atoms with van der Waals surface area (Å²) < 4.78 is 0. The molecule has 19 nitrogen and oxygen atoms in total. The molecule has 0 radical (unpaired) electrons. The number of carbonyl (C=O) groups is 4. The van der Waals surface area contributed by atoms with Crippen molar-refractivity contribution in [1.29, 1.82) is 0 Å². The van der Waals surface area contributed by atoms with Crippen molar-refractivity contribution in [2.45, 2.75) is 130 Å². The monoisotopic (exact) mass is 904 g/mol. The maximum absolute atomic E-state index is 13.1. The fourth-order valence-corrected chi connectivity index (χ4v) is 12.2. The van der Waals surface area contributed by atoms with E-state index in [0.29, 0.717) is 58.2 Å². The molecule has 0 heterocycles. The van der Waals surface area contributed by atoms with E-state index in [1.54, 1.807) is 14.7 Å². The van der Waals surface area contributed by atoms with E-state index < -0.39 is 24.1 Å². The number of aliphatic carboxylic acids is 2. The van der Waals surface area contributed by atoms with Gasteiger partial charge in [0.25, 0.3) is 0 Å². The molecule has 8 unspecified atom stereocenters. The van der Waals surface area contributed by atoms with Gasteiger partial charge in [0.05, 0.1) is 38.5 Å². The Morgan fingerprint density at radius 3 is 2.02 bits per heavy atom. The van der Waals surface area contributed by atoms with E-state index in [-0.39, 0.29) is 137 Å². The molecule has 366 valence electrons. The highest BCUT2D eigenvalue weighted by Gasteiger charge is 2.65. The maximum Gasteiger partial charge on any atom is 0.317 e. The molecule has 0 aliphatic heterocycles. The summed E-state index contributed by atoms with van der Waals surface area (Å²) in [7, 11) is 0. The zero-order valence-electron chi connectivity index (χ0n) is 37.2. The average molecular weight is 904 g/mol. The van der Waals surface area contributed by atoms with Gasteiger partial charge in [0.1, 0.15) is 6.73 Å². The molecule has 2 amide bonds. The number of carboxylic acid groups (broad SMARTS) is 2. The minimum absolute atomic E-state index is 0. The van der Waals surface area contributed by atoms with Gasteiger partial charge in [0.2, 0.25) is 11.8 Å². The van der Waals surface area contributed by atoms with Gasteiger partial charge in [-0.25, -0.2) is 14.7 Å². The Hall–Kier alpha value is -2.56. The lowest BCUT2D eigenvalue weighted by Crippen LogP contribution is -2.63. The molecule has 4 aliphatic carbocycles. The van der Waals surface area contributed by atoms with Crippen molar-refractivity contribution < 1.29 is 70.0 Å². The first-order chi connectivity index (χ1) is 29.6. The molecule has 11 atom stereocenters. The van der Waals surface area contributed by atoms with Crippen LogP contribution in [0, 0.1) is 46.3 Å². The summed E-state index contributed by atoms with van der Waals surface area (Å²) >= 11 is 0. The SMILES string of the molecule is C.CC(CCC(=O)O)[C@H]1CCC2C3C(O)CC4CC(NC(=O)CCCCCNC(=O)CN(CCOO)CCN(CCN(CCOO)COO)CC(=O)O)CC[C@]4(C)C3CC(O)[C@@]21C. The molecule has 0 bridgehead atoms. The number of nitrogens with one attached hydrogen (secondary N) is 2. The van der Waals surface area contributed by atoms with E-state index in [2.05, 4.69) is 46.1 Å². The van der Waals surface area contributed by atoms with Crippen LogP contribution in [0.4, 0.5) is 0 Å². The van der Waals surface area contributed by atoms with E-state index in [9.17, 15) is 39.6 Å². The number of hydrogen-bond donors (Lipinski definition) is 9. The van der Waals surface area contributed by atoms with Crippen LogP contribution in [0.25, 0.3) is 0 Å². The molecule has 4 saturated carbocycles. The number of nitrogens with zero attached hydrogens (tertiary/aromatic N) is 3. The molecule has 0 aromatic carbocycles. The fraction of sp³-hybridized carbons (Fsp3) is 0.909. The molecule has 0 spiro atoms. The molecule has 9 N–H and O–H groups in total. The molecule has 0 aromatic rings. The number of rotatable bonds is 29. The van der Waals surface area contributed by atoms with Crippen LogP contribution in [0.2, 0.25) is 0 Å². The van der Waals surface area contributed by atoms with Crippen molar-refractivity contribution in [2.24, 2.45) is 46.3 Å². The molecule has 4 fully saturated rings. The van der Waals surface area contributed by atoms with Crippen LogP contribution in [0.5, 0.6) is 0 Å². The minimum Gasteiger partial charge on any atom is -0.481 e. The van der Waals surface area contributed by atoms with Crippen molar-refractivity contribution in [1.82, 2.24) is 25.3 Å². The predicted octanol–water partition coefficient (Wildman–Crippen LogP) is 3.30. The lowest BCUT2D eigenvalue weighted by molar-refractivity contribution is -0.278. The number of carboxylic acids is 2. The molecule has 4 aliphatic rings. The Bertz CT molecular complexity index is 1420. The number of carbonyl (C=O) groups excluding carboxylic acids is 2. The van der Waals surface area contributed by atoms with Gasteiger partial charge in [-0.2, -0.15) is 0 Å². The Labute approximate surface area is 373 Å². The standard InChI is InChI=1S/C43H77N5O14.CH4/c1-29(8-11-39(53)54)32-9-10-33-41-34(25-36(50)43(32,33)3)42(2)13-12-31(23-30(42)24-35(41)49)45-37(51)7-5-4-6-14-44-38(52)26-47(19-21-60-57)16-15-46(27-40(55)56)17-18-48(28-62-59)20-22-61-58;/h29-36,41,49-50,57-59H,4-28H2,1-3H3,(H,44,52)(H,45,51)(H,53,54)(H,55,56);1H4/t29?,30?,31?,32-,33?,34?,35?,36?,41?,42+,43-;/m1./s1. The Balaban J connectivity index is 0.0000106. The highest BCUT2D eigenvalue weighted by Crippen LogP contribution is 2.68. The van der Waals surface area contributed by atoms with Gasteiger partial charge in [0, 0.05) is 64.7 Å². The highest BCUT2D eigenvalue weighted by molar-refractivity contribution is 5.78. The lowest BCUT2D eigenvalue weighted by atomic mass is 9.43. The van der Waals surface area contributed by atoms with Gasteiger partial charge in [0.15, 0.2) is 0 Å². The van der Waals surface area contributed by atoms with Gasteiger partial charge in [-0.05, 0) is 111 Å². The van der Waals surface area contributed by atoms with Crippen molar-refractivity contribution >= 4 is 23.8 Å².